The number of rotatable bonds is 5. The van der Waals surface area contributed by atoms with Crippen LogP contribution in [0.2, 0.25) is 0 Å². The van der Waals surface area contributed by atoms with Crippen LogP contribution in [0.25, 0.3) is 0 Å². The molecular weight excluding hydrogens is 344 g/mol. The van der Waals surface area contributed by atoms with Gasteiger partial charge in [-0.15, -0.1) is 0 Å². The second-order valence-corrected chi connectivity index (χ2v) is 8.76. The molecule has 25 heavy (non-hydrogen) atoms. The van der Waals surface area contributed by atoms with Gasteiger partial charge in [0.2, 0.25) is 10.0 Å². The molecule has 1 fully saturated rings. The van der Waals surface area contributed by atoms with E-state index in [2.05, 4.69) is 5.32 Å². The molecule has 2 rings (SSSR count). The van der Waals surface area contributed by atoms with Gasteiger partial charge in [0.25, 0.3) is 5.91 Å². The predicted molar refractivity (Wildman–Crippen MR) is 92.8 cm³/mol. The Morgan fingerprint density at radius 3 is 2.56 bits per heavy atom. The molecule has 1 heterocycles. The highest BCUT2D eigenvalue weighted by atomic mass is 32.2. The zero-order valence-electron chi connectivity index (χ0n) is 14.7. The smallest absolute Gasteiger partial charge is 0.328 e. The van der Waals surface area contributed by atoms with E-state index in [4.69, 9.17) is 5.11 Å². The molecule has 2 N–H and O–H groups in total. The second kappa shape index (κ2) is 7.13. The van der Waals surface area contributed by atoms with Gasteiger partial charge in [-0.2, -0.15) is 4.31 Å². The molecular formula is C17H24N2O5S. The maximum Gasteiger partial charge on any atom is 0.328 e. The van der Waals surface area contributed by atoms with Crippen molar-refractivity contribution in [2.24, 2.45) is 0 Å². The lowest BCUT2D eigenvalue weighted by Gasteiger charge is -2.32. The molecule has 1 saturated heterocycles. The summed E-state index contributed by atoms with van der Waals surface area (Å²) in [6, 6.07) is 5.62. The largest absolute Gasteiger partial charge is 0.480 e. The van der Waals surface area contributed by atoms with Crippen molar-refractivity contribution in [3.63, 3.8) is 0 Å². The van der Waals surface area contributed by atoms with Crippen molar-refractivity contribution in [1.82, 2.24) is 9.62 Å². The summed E-state index contributed by atoms with van der Waals surface area (Å²) >= 11 is 0. The monoisotopic (exact) mass is 368 g/mol. The number of nitrogens with one attached hydrogen (secondary N) is 1. The van der Waals surface area contributed by atoms with Crippen molar-refractivity contribution in [3.8, 4) is 0 Å². The van der Waals surface area contributed by atoms with Crippen molar-refractivity contribution < 1.29 is 23.1 Å². The van der Waals surface area contributed by atoms with Gasteiger partial charge < -0.3 is 10.4 Å². The van der Waals surface area contributed by atoms with E-state index in [1.165, 1.54) is 42.4 Å². The molecule has 1 aliphatic rings. The number of sulfonamides is 1. The van der Waals surface area contributed by atoms with Crippen molar-refractivity contribution in [2.75, 3.05) is 6.54 Å². The van der Waals surface area contributed by atoms with E-state index in [0.717, 1.165) is 19.3 Å². The normalized spacial score (nSPS) is 19.4. The summed E-state index contributed by atoms with van der Waals surface area (Å²) in [5.41, 5.74) is -1.34. The number of carbonyl (C=O) groups is 2. The highest BCUT2D eigenvalue weighted by molar-refractivity contribution is 7.89. The van der Waals surface area contributed by atoms with Crippen LogP contribution in [0.4, 0.5) is 0 Å². The minimum Gasteiger partial charge on any atom is -0.480 e. The van der Waals surface area contributed by atoms with Gasteiger partial charge in [0.15, 0.2) is 0 Å². The zero-order chi connectivity index (χ0) is 18.8. The Hall–Kier alpha value is -1.93. The molecule has 1 aromatic rings. The number of carboxylic acid groups (broad SMARTS) is 1. The number of hydrogen-bond donors (Lipinski definition) is 2. The standard InChI is InChI=1S/C17H24N2O5S/c1-12-7-4-5-10-19(12)25(23,24)14-9-6-8-13(11-14)15(20)18-17(2,3)16(21)22/h6,8-9,11-12H,4-5,7,10H2,1-3H3,(H,18,20)(H,21,22). The third kappa shape index (κ3) is 4.19. The summed E-state index contributed by atoms with van der Waals surface area (Å²) in [6.07, 6.45) is 2.63. The molecule has 138 valence electrons. The summed E-state index contributed by atoms with van der Waals surface area (Å²) in [5, 5.41) is 11.5. The van der Waals surface area contributed by atoms with Gasteiger partial charge in [-0.1, -0.05) is 12.5 Å². The molecule has 8 heteroatoms. The summed E-state index contributed by atoms with van der Waals surface area (Å²) in [7, 11) is -3.69. The first-order valence-electron chi connectivity index (χ1n) is 8.23. The van der Waals surface area contributed by atoms with Crippen LogP contribution in [0.1, 0.15) is 50.4 Å². The predicted octanol–water partition coefficient (Wildman–Crippen LogP) is 1.84. The molecule has 1 amide bonds. The van der Waals surface area contributed by atoms with E-state index < -0.39 is 27.4 Å². The van der Waals surface area contributed by atoms with E-state index in [9.17, 15) is 18.0 Å². The molecule has 0 radical (unpaired) electrons. The second-order valence-electron chi connectivity index (χ2n) is 6.87. The lowest BCUT2D eigenvalue weighted by molar-refractivity contribution is -0.143. The van der Waals surface area contributed by atoms with Crippen LogP contribution >= 0.6 is 0 Å². The van der Waals surface area contributed by atoms with Crippen molar-refractivity contribution >= 4 is 21.9 Å². The third-order valence-electron chi connectivity index (χ3n) is 4.41. The highest BCUT2D eigenvalue weighted by Crippen LogP contribution is 2.25. The minimum atomic E-state index is -3.69. The van der Waals surface area contributed by atoms with Gasteiger partial charge in [0, 0.05) is 18.2 Å². The molecule has 0 bridgehead atoms. The first-order chi connectivity index (χ1) is 11.6. The molecule has 0 aliphatic carbocycles. The molecule has 1 aromatic carbocycles. The Morgan fingerprint density at radius 1 is 1.28 bits per heavy atom. The van der Waals surface area contributed by atoms with Crippen LogP contribution in [-0.2, 0) is 14.8 Å². The quantitative estimate of drug-likeness (QED) is 0.825. The molecule has 7 nitrogen and oxygen atoms in total. The number of aliphatic carboxylic acids is 1. The fourth-order valence-corrected chi connectivity index (χ4v) is 4.52. The van der Waals surface area contributed by atoms with Gasteiger partial charge in [0.1, 0.15) is 5.54 Å². The molecule has 0 aromatic heterocycles. The van der Waals surface area contributed by atoms with Crippen LogP contribution in [0, 0.1) is 0 Å². The Balaban J connectivity index is 2.29. The van der Waals surface area contributed by atoms with Crippen LogP contribution in [0.5, 0.6) is 0 Å². The van der Waals surface area contributed by atoms with Crippen LogP contribution in [-0.4, -0.2) is 47.8 Å². The van der Waals surface area contributed by atoms with E-state index >= 15 is 0 Å². The number of hydrogen-bond acceptors (Lipinski definition) is 4. The number of benzene rings is 1. The Bertz CT molecular complexity index is 773. The SMILES string of the molecule is CC1CCCCN1S(=O)(=O)c1cccc(C(=O)NC(C)(C)C(=O)O)c1. The lowest BCUT2D eigenvalue weighted by Crippen LogP contribution is -2.49. The average Bonchev–Trinajstić information content (AvgIpc) is 2.54. The average molecular weight is 368 g/mol. The van der Waals surface area contributed by atoms with E-state index in [1.807, 2.05) is 6.92 Å². The van der Waals surface area contributed by atoms with Gasteiger partial charge in [-0.25, -0.2) is 13.2 Å². The fraction of sp³-hybridized carbons (Fsp3) is 0.529. The van der Waals surface area contributed by atoms with Crippen LogP contribution in [0.15, 0.2) is 29.2 Å². The van der Waals surface area contributed by atoms with E-state index in [-0.39, 0.29) is 16.5 Å². The molecule has 1 atom stereocenters. The maximum absolute atomic E-state index is 12.9. The Kier molecular flexibility index (Phi) is 5.53. The van der Waals surface area contributed by atoms with Gasteiger partial charge in [0.05, 0.1) is 4.90 Å². The number of nitrogens with zero attached hydrogens (tertiary/aromatic N) is 1. The van der Waals surface area contributed by atoms with Crippen LogP contribution in [0.3, 0.4) is 0 Å². The first kappa shape index (κ1) is 19.4. The van der Waals surface area contributed by atoms with Gasteiger partial charge in [-0.3, -0.25) is 4.79 Å². The molecule has 1 unspecified atom stereocenters. The van der Waals surface area contributed by atoms with Crippen molar-refractivity contribution in [3.05, 3.63) is 29.8 Å². The van der Waals surface area contributed by atoms with Gasteiger partial charge >= 0.3 is 5.97 Å². The topological polar surface area (TPSA) is 104 Å². The number of amides is 1. The number of piperidine rings is 1. The van der Waals surface area contributed by atoms with Crippen molar-refractivity contribution in [2.45, 2.75) is 56.5 Å². The molecule has 0 saturated carbocycles. The van der Waals surface area contributed by atoms with Gasteiger partial charge in [-0.05, 0) is 51.8 Å². The highest BCUT2D eigenvalue weighted by Gasteiger charge is 2.32. The summed E-state index contributed by atoms with van der Waals surface area (Å²) in [5.74, 6) is -1.80. The van der Waals surface area contributed by atoms with E-state index in [0.29, 0.717) is 6.54 Å². The Labute approximate surface area is 148 Å². The number of carbonyl (C=O) groups excluding carboxylic acids is 1. The minimum absolute atomic E-state index is 0.0435. The summed E-state index contributed by atoms with van der Waals surface area (Å²) in [6.45, 7) is 5.07. The number of carboxylic acids is 1. The third-order valence-corrected chi connectivity index (χ3v) is 6.42. The fourth-order valence-electron chi connectivity index (χ4n) is 2.77. The maximum atomic E-state index is 12.9. The van der Waals surface area contributed by atoms with Crippen LogP contribution < -0.4 is 5.32 Å². The first-order valence-corrected chi connectivity index (χ1v) is 9.67. The zero-order valence-corrected chi connectivity index (χ0v) is 15.5. The summed E-state index contributed by atoms with van der Waals surface area (Å²) in [4.78, 5) is 23.5. The van der Waals surface area contributed by atoms with Crippen molar-refractivity contribution in [1.29, 1.82) is 0 Å². The molecule has 0 spiro atoms. The van der Waals surface area contributed by atoms with E-state index in [1.54, 1.807) is 0 Å². The summed E-state index contributed by atoms with van der Waals surface area (Å²) < 4.78 is 27.2. The molecule has 1 aliphatic heterocycles. The lowest BCUT2D eigenvalue weighted by atomic mass is 10.1. The Morgan fingerprint density at radius 2 is 1.96 bits per heavy atom.